The monoisotopic (exact) mass is 260 g/mol. The molecule has 0 aromatic heterocycles. The van der Waals surface area contributed by atoms with E-state index in [4.69, 9.17) is 15.8 Å². The van der Waals surface area contributed by atoms with Gasteiger partial charge in [0.05, 0.1) is 12.9 Å². The summed E-state index contributed by atoms with van der Waals surface area (Å²) in [5.74, 6) is 0.142. The molecule has 3 nitrogen and oxygen atoms in total. The summed E-state index contributed by atoms with van der Waals surface area (Å²) in [5, 5.41) is 0.685. The van der Waals surface area contributed by atoms with E-state index < -0.39 is 10.1 Å². The van der Waals surface area contributed by atoms with E-state index in [0.717, 1.165) is 24.7 Å². The molecule has 5 heteroatoms. The minimum atomic E-state index is -3.36. The molecule has 2 rings (SSSR count). The maximum Gasteiger partial charge on any atom is 0.264 e. The third-order valence-electron chi connectivity index (χ3n) is 2.79. The molecule has 1 aliphatic carbocycles. The molecular formula is C11H13ClO3S. The molecule has 88 valence electrons. The van der Waals surface area contributed by atoms with Crippen LogP contribution in [0, 0.1) is 0 Å². The smallest absolute Gasteiger partial charge is 0.264 e. The number of hydrogen-bond acceptors (Lipinski definition) is 3. The fraction of sp³-hybridized carbons (Fsp3) is 0.455. The maximum atomic E-state index is 10.9. The van der Waals surface area contributed by atoms with Crippen LogP contribution in [0.4, 0.5) is 0 Å². The zero-order valence-corrected chi connectivity index (χ0v) is 10.5. The zero-order valence-electron chi connectivity index (χ0n) is 8.94. The maximum absolute atomic E-state index is 10.9. The molecule has 0 spiro atoms. The molecule has 0 N–H and O–H groups in total. The van der Waals surface area contributed by atoms with Crippen molar-refractivity contribution in [1.82, 2.24) is 0 Å². The van der Waals surface area contributed by atoms with Gasteiger partial charge in [0.1, 0.15) is 0 Å². The van der Waals surface area contributed by atoms with Gasteiger partial charge in [0.2, 0.25) is 0 Å². The van der Waals surface area contributed by atoms with Gasteiger partial charge in [-0.15, -0.1) is 0 Å². The van der Waals surface area contributed by atoms with Crippen molar-refractivity contribution in [3.05, 3.63) is 34.3 Å². The van der Waals surface area contributed by atoms with Crippen molar-refractivity contribution in [1.29, 1.82) is 0 Å². The Morgan fingerprint density at radius 3 is 2.94 bits per heavy atom. The van der Waals surface area contributed by atoms with Gasteiger partial charge < -0.3 is 0 Å². The summed E-state index contributed by atoms with van der Waals surface area (Å²) in [5.41, 5.74) is 2.36. The summed E-state index contributed by atoms with van der Waals surface area (Å²) in [6.45, 7) is 0.214. The topological polar surface area (TPSA) is 43.4 Å². The van der Waals surface area contributed by atoms with Crippen molar-refractivity contribution < 1.29 is 12.6 Å². The molecule has 0 bridgehead atoms. The van der Waals surface area contributed by atoms with Gasteiger partial charge in [-0.25, -0.2) is 0 Å². The molecule has 0 amide bonds. The van der Waals surface area contributed by atoms with Crippen molar-refractivity contribution in [3.8, 4) is 0 Å². The van der Waals surface area contributed by atoms with E-state index in [0.29, 0.717) is 5.02 Å². The average Bonchev–Trinajstić information content (AvgIpc) is 2.56. The molecule has 0 heterocycles. The zero-order chi connectivity index (χ0) is 11.8. The van der Waals surface area contributed by atoms with Gasteiger partial charge in [0.25, 0.3) is 10.1 Å². The van der Waals surface area contributed by atoms with Crippen molar-refractivity contribution in [2.45, 2.75) is 18.8 Å². The highest BCUT2D eigenvalue weighted by atomic mass is 35.5. The molecule has 1 atom stereocenters. The molecule has 0 saturated carbocycles. The number of halogens is 1. The number of aryl methyl sites for hydroxylation is 1. The van der Waals surface area contributed by atoms with Crippen LogP contribution in [0.25, 0.3) is 0 Å². The number of benzene rings is 1. The minimum absolute atomic E-state index is 0.142. The Morgan fingerprint density at radius 2 is 2.25 bits per heavy atom. The highest BCUT2D eigenvalue weighted by Gasteiger charge is 2.23. The van der Waals surface area contributed by atoms with E-state index >= 15 is 0 Å². The van der Waals surface area contributed by atoms with Gasteiger partial charge in [-0.1, -0.05) is 17.7 Å². The number of rotatable bonds is 3. The molecule has 16 heavy (non-hydrogen) atoms. The van der Waals surface area contributed by atoms with E-state index in [1.54, 1.807) is 0 Å². The Kier molecular flexibility index (Phi) is 3.24. The molecule has 0 fully saturated rings. The van der Waals surface area contributed by atoms with Crippen LogP contribution in [0.5, 0.6) is 0 Å². The number of hydrogen-bond donors (Lipinski definition) is 0. The van der Waals surface area contributed by atoms with Gasteiger partial charge >= 0.3 is 0 Å². The van der Waals surface area contributed by atoms with E-state index in [1.165, 1.54) is 5.56 Å². The van der Waals surface area contributed by atoms with Crippen molar-refractivity contribution in [2.75, 3.05) is 12.9 Å². The standard InChI is InChI=1S/C11H13ClO3S/c1-16(13,14)15-7-9-3-2-8-4-5-10(12)6-11(8)9/h4-6,9H,2-3,7H2,1H3. The molecular weight excluding hydrogens is 248 g/mol. The van der Waals surface area contributed by atoms with Crippen LogP contribution in [-0.4, -0.2) is 21.3 Å². The van der Waals surface area contributed by atoms with Crippen LogP contribution in [0.1, 0.15) is 23.5 Å². The second kappa shape index (κ2) is 4.35. The molecule has 1 unspecified atom stereocenters. The molecule has 0 saturated heterocycles. The van der Waals surface area contributed by atoms with Crippen LogP contribution >= 0.6 is 11.6 Å². The number of fused-ring (bicyclic) bond motifs is 1. The van der Waals surface area contributed by atoms with E-state index in [1.807, 2.05) is 18.2 Å². The summed E-state index contributed by atoms with van der Waals surface area (Å²) in [6, 6.07) is 5.76. The summed E-state index contributed by atoms with van der Waals surface area (Å²) >= 11 is 5.92. The molecule has 0 radical (unpaired) electrons. The molecule has 0 aliphatic heterocycles. The molecule has 1 aromatic carbocycles. The fourth-order valence-electron chi connectivity index (χ4n) is 2.04. The first kappa shape index (κ1) is 11.9. The van der Waals surface area contributed by atoms with E-state index in [2.05, 4.69) is 0 Å². The quantitative estimate of drug-likeness (QED) is 0.784. The first-order valence-electron chi connectivity index (χ1n) is 5.08. The Balaban J connectivity index is 2.14. The summed E-state index contributed by atoms with van der Waals surface area (Å²) in [4.78, 5) is 0. The van der Waals surface area contributed by atoms with Crippen LogP contribution in [-0.2, 0) is 20.7 Å². The average molecular weight is 261 g/mol. The van der Waals surface area contributed by atoms with Crippen LogP contribution in [0.2, 0.25) is 5.02 Å². The second-order valence-corrected chi connectivity index (χ2v) is 6.15. The Labute approximate surface area is 101 Å². The highest BCUT2D eigenvalue weighted by molar-refractivity contribution is 7.85. The third-order valence-corrected chi connectivity index (χ3v) is 3.59. The van der Waals surface area contributed by atoms with Crippen molar-refractivity contribution >= 4 is 21.7 Å². The van der Waals surface area contributed by atoms with Crippen LogP contribution < -0.4 is 0 Å². The second-order valence-electron chi connectivity index (χ2n) is 4.07. The Morgan fingerprint density at radius 1 is 1.50 bits per heavy atom. The fourth-order valence-corrected chi connectivity index (χ4v) is 2.63. The van der Waals surface area contributed by atoms with Crippen LogP contribution in [0.15, 0.2) is 18.2 Å². The summed E-state index contributed by atoms with van der Waals surface area (Å²) < 4.78 is 26.7. The lowest BCUT2D eigenvalue weighted by Gasteiger charge is -2.10. The first-order valence-corrected chi connectivity index (χ1v) is 7.28. The SMILES string of the molecule is CS(=O)(=O)OCC1CCc2ccc(Cl)cc21. The lowest BCUT2D eigenvalue weighted by atomic mass is 10.0. The van der Waals surface area contributed by atoms with E-state index in [-0.39, 0.29) is 12.5 Å². The summed E-state index contributed by atoms with van der Waals surface area (Å²) in [6.07, 6.45) is 2.95. The normalized spacial score (nSPS) is 19.8. The third kappa shape index (κ3) is 2.75. The summed E-state index contributed by atoms with van der Waals surface area (Å²) in [7, 11) is -3.36. The van der Waals surface area contributed by atoms with Gasteiger partial charge in [0.15, 0.2) is 0 Å². The molecule has 1 aromatic rings. The van der Waals surface area contributed by atoms with Gasteiger partial charge in [-0.3, -0.25) is 4.18 Å². The molecule has 1 aliphatic rings. The predicted molar refractivity (Wildman–Crippen MR) is 63.3 cm³/mol. The van der Waals surface area contributed by atoms with Gasteiger partial charge in [0, 0.05) is 10.9 Å². The van der Waals surface area contributed by atoms with Crippen molar-refractivity contribution in [3.63, 3.8) is 0 Å². The van der Waals surface area contributed by atoms with E-state index in [9.17, 15) is 8.42 Å². The highest BCUT2D eigenvalue weighted by Crippen LogP contribution is 2.35. The van der Waals surface area contributed by atoms with Gasteiger partial charge in [-0.05, 0) is 36.1 Å². The lowest BCUT2D eigenvalue weighted by molar-refractivity contribution is 0.294. The Hall–Kier alpha value is -0.580. The Bertz CT molecular complexity index is 496. The largest absolute Gasteiger partial charge is 0.270 e. The first-order chi connectivity index (χ1) is 7.46. The van der Waals surface area contributed by atoms with Gasteiger partial charge in [-0.2, -0.15) is 8.42 Å². The predicted octanol–water partition coefficient (Wildman–Crippen LogP) is 2.35. The van der Waals surface area contributed by atoms with Crippen LogP contribution in [0.3, 0.4) is 0 Å². The van der Waals surface area contributed by atoms with Crippen molar-refractivity contribution in [2.24, 2.45) is 0 Å². The minimum Gasteiger partial charge on any atom is -0.270 e. The lowest BCUT2D eigenvalue weighted by Crippen LogP contribution is -2.10.